The van der Waals surface area contributed by atoms with Gasteiger partial charge in [-0.25, -0.2) is 0 Å². The first kappa shape index (κ1) is 14.1. The molecule has 1 aromatic rings. The van der Waals surface area contributed by atoms with E-state index in [1.807, 2.05) is 6.92 Å². The number of carbonyl (C=O) groups is 2. The fraction of sp³-hybridized carbons (Fsp3) is 0.429. The van der Waals surface area contributed by atoms with E-state index in [1.54, 1.807) is 25.3 Å². The van der Waals surface area contributed by atoms with Crippen molar-refractivity contribution in [3.05, 3.63) is 29.3 Å². The molecule has 0 spiro atoms. The van der Waals surface area contributed by atoms with Gasteiger partial charge in [-0.2, -0.15) is 0 Å². The number of carbonyl (C=O) groups excluding carboxylic acids is 2. The molecule has 0 fully saturated rings. The summed E-state index contributed by atoms with van der Waals surface area (Å²) in [5.41, 5.74) is 6.03. The van der Waals surface area contributed by atoms with E-state index in [1.165, 1.54) is 0 Å². The Bertz CT molecular complexity index is 543. The molecule has 102 valence electrons. The molecule has 0 aromatic heterocycles. The van der Waals surface area contributed by atoms with Gasteiger partial charge in [0.15, 0.2) is 5.78 Å². The SMILES string of the molecule is CCC1(C(N)=O)CC(Br)C(=O)c2ccc(OC)cc21. The normalized spacial score (nSPS) is 25.8. The number of rotatable bonds is 3. The van der Waals surface area contributed by atoms with Crippen molar-refractivity contribution in [3.63, 3.8) is 0 Å². The Hall–Kier alpha value is -1.36. The predicted molar refractivity (Wildman–Crippen MR) is 75.8 cm³/mol. The molecule has 5 heteroatoms. The van der Waals surface area contributed by atoms with Crippen LogP contribution in [0.4, 0.5) is 0 Å². The molecular weight excluding hydrogens is 310 g/mol. The highest BCUT2D eigenvalue weighted by molar-refractivity contribution is 9.10. The number of ether oxygens (including phenoxy) is 1. The zero-order valence-electron chi connectivity index (χ0n) is 10.9. The summed E-state index contributed by atoms with van der Waals surface area (Å²) in [6.45, 7) is 1.91. The Labute approximate surface area is 120 Å². The predicted octanol–water partition coefficient (Wildman–Crippen LogP) is 2.18. The first-order valence-electron chi connectivity index (χ1n) is 6.13. The Morgan fingerprint density at radius 3 is 2.79 bits per heavy atom. The molecule has 1 aromatic carbocycles. The number of methoxy groups -OCH3 is 1. The van der Waals surface area contributed by atoms with Crippen LogP contribution in [0.15, 0.2) is 18.2 Å². The number of hydrogen-bond donors (Lipinski definition) is 1. The van der Waals surface area contributed by atoms with Crippen LogP contribution in [-0.4, -0.2) is 23.6 Å². The molecule has 2 N–H and O–H groups in total. The molecule has 2 rings (SSSR count). The highest BCUT2D eigenvalue weighted by atomic mass is 79.9. The monoisotopic (exact) mass is 325 g/mol. The van der Waals surface area contributed by atoms with Gasteiger partial charge >= 0.3 is 0 Å². The van der Waals surface area contributed by atoms with Crippen molar-refractivity contribution in [1.29, 1.82) is 0 Å². The van der Waals surface area contributed by atoms with Gasteiger partial charge in [0.25, 0.3) is 0 Å². The number of halogens is 1. The Morgan fingerprint density at radius 1 is 1.58 bits per heavy atom. The third-order valence-electron chi connectivity index (χ3n) is 3.90. The summed E-state index contributed by atoms with van der Waals surface area (Å²) in [5, 5.41) is 0. The van der Waals surface area contributed by atoms with Crippen LogP contribution in [0.1, 0.15) is 35.7 Å². The minimum absolute atomic E-state index is 0.0111. The number of ketones is 1. The summed E-state index contributed by atoms with van der Waals surface area (Å²) in [7, 11) is 1.55. The smallest absolute Gasteiger partial charge is 0.228 e. The van der Waals surface area contributed by atoms with Gasteiger partial charge in [0.2, 0.25) is 5.91 Å². The van der Waals surface area contributed by atoms with Crippen LogP contribution < -0.4 is 10.5 Å². The Balaban J connectivity index is 2.71. The third kappa shape index (κ3) is 2.06. The lowest BCUT2D eigenvalue weighted by molar-refractivity contribution is -0.124. The molecule has 1 amide bonds. The second-order valence-corrected chi connectivity index (χ2v) is 5.85. The van der Waals surface area contributed by atoms with Gasteiger partial charge in [0.1, 0.15) is 5.75 Å². The van der Waals surface area contributed by atoms with Gasteiger partial charge in [-0.1, -0.05) is 22.9 Å². The molecule has 2 unspecified atom stereocenters. The number of hydrogen-bond acceptors (Lipinski definition) is 3. The van der Waals surface area contributed by atoms with Crippen LogP contribution in [0.5, 0.6) is 5.75 Å². The minimum Gasteiger partial charge on any atom is -0.497 e. The molecule has 4 nitrogen and oxygen atoms in total. The van der Waals surface area contributed by atoms with Crippen molar-refractivity contribution < 1.29 is 14.3 Å². The fourth-order valence-corrected chi connectivity index (χ4v) is 3.48. The largest absolute Gasteiger partial charge is 0.497 e. The average molecular weight is 326 g/mol. The quantitative estimate of drug-likeness (QED) is 0.866. The second-order valence-electron chi connectivity index (χ2n) is 4.75. The molecule has 1 aliphatic rings. The topological polar surface area (TPSA) is 69.4 Å². The van der Waals surface area contributed by atoms with Crippen molar-refractivity contribution >= 4 is 27.6 Å². The number of amides is 1. The number of alkyl halides is 1. The number of nitrogens with two attached hydrogens (primary N) is 1. The molecule has 19 heavy (non-hydrogen) atoms. The van der Waals surface area contributed by atoms with Gasteiger partial charge in [-0.3, -0.25) is 9.59 Å². The molecule has 0 saturated heterocycles. The Kier molecular flexibility index (Phi) is 3.67. The van der Waals surface area contributed by atoms with Gasteiger partial charge in [-0.05, 0) is 36.6 Å². The maximum Gasteiger partial charge on any atom is 0.228 e. The van der Waals surface area contributed by atoms with E-state index in [4.69, 9.17) is 10.5 Å². The summed E-state index contributed by atoms with van der Waals surface area (Å²) < 4.78 is 5.18. The first-order chi connectivity index (χ1) is 8.96. The van der Waals surface area contributed by atoms with Crippen LogP contribution in [0.2, 0.25) is 0 Å². The van der Waals surface area contributed by atoms with Crippen molar-refractivity contribution in [2.75, 3.05) is 7.11 Å². The van der Waals surface area contributed by atoms with Crippen molar-refractivity contribution in [2.45, 2.75) is 30.0 Å². The van der Waals surface area contributed by atoms with E-state index >= 15 is 0 Å². The van der Waals surface area contributed by atoms with E-state index in [2.05, 4.69) is 15.9 Å². The maximum atomic E-state index is 12.2. The second kappa shape index (κ2) is 4.96. The van der Waals surface area contributed by atoms with Crippen LogP contribution >= 0.6 is 15.9 Å². The van der Waals surface area contributed by atoms with Crippen molar-refractivity contribution in [3.8, 4) is 5.75 Å². The number of primary amides is 1. The standard InChI is InChI=1S/C14H16BrNO3/c1-3-14(13(16)18)7-11(15)12(17)9-5-4-8(19-2)6-10(9)14/h4-6,11H,3,7H2,1-2H3,(H2,16,18). The van der Waals surface area contributed by atoms with Crippen LogP contribution in [-0.2, 0) is 10.2 Å². The molecule has 2 atom stereocenters. The summed E-state index contributed by atoms with van der Waals surface area (Å²) in [4.78, 5) is 23.8. The van der Waals surface area contributed by atoms with Crippen molar-refractivity contribution in [2.24, 2.45) is 5.73 Å². The lowest BCUT2D eigenvalue weighted by atomic mass is 9.67. The number of benzene rings is 1. The molecule has 0 radical (unpaired) electrons. The molecular formula is C14H16BrNO3. The van der Waals surface area contributed by atoms with Gasteiger partial charge < -0.3 is 10.5 Å². The summed E-state index contributed by atoms with van der Waals surface area (Å²) >= 11 is 3.36. The lowest BCUT2D eigenvalue weighted by Crippen LogP contribution is -2.47. The van der Waals surface area contributed by atoms with Gasteiger partial charge in [0.05, 0.1) is 17.4 Å². The molecule has 1 aliphatic carbocycles. The summed E-state index contributed by atoms with van der Waals surface area (Å²) in [6, 6.07) is 5.18. The minimum atomic E-state index is -0.814. The summed E-state index contributed by atoms with van der Waals surface area (Å²) in [5.74, 6) is 0.211. The zero-order chi connectivity index (χ0) is 14.2. The van der Waals surface area contributed by atoms with E-state index in [0.29, 0.717) is 29.7 Å². The fourth-order valence-electron chi connectivity index (χ4n) is 2.68. The van der Waals surface area contributed by atoms with Crippen LogP contribution in [0.3, 0.4) is 0 Å². The van der Waals surface area contributed by atoms with Crippen LogP contribution in [0.25, 0.3) is 0 Å². The van der Waals surface area contributed by atoms with E-state index < -0.39 is 11.3 Å². The van der Waals surface area contributed by atoms with Gasteiger partial charge in [-0.15, -0.1) is 0 Å². The zero-order valence-corrected chi connectivity index (χ0v) is 12.5. The maximum absolute atomic E-state index is 12.2. The first-order valence-corrected chi connectivity index (χ1v) is 7.04. The lowest BCUT2D eigenvalue weighted by Gasteiger charge is -2.37. The molecule has 0 heterocycles. The number of Topliss-reactive ketones (excluding diaryl/α,β-unsaturated/α-hetero) is 1. The van der Waals surface area contributed by atoms with Gasteiger partial charge in [0, 0.05) is 5.56 Å². The van der Waals surface area contributed by atoms with E-state index in [-0.39, 0.29) is 10.6 Å². The molecule has 0 aliphatic heterocycles. The molecule has 0 saturated carbocycles. The van der Waals surface area contributed by atoms with E-state index in [0.717, 1.165) is 0 Å². The van der Waals surface area contributed by atoms with Crippen LogP contribution in [0, 0.1) is 0 Å². The molecule has 0 bridgehead atoms. The summed E-state index contributed by atoms with van der Waals surface area (Å²) in [6.07, 6.45) is 0.940. The highest BCUT2D eigenvalue weighted by Gasteiger charge is 2.46. The number of fused-ring (bicyclic) bond motifs is 1. The Morgan fingerprint density at radius 2 is 2.26 bits per heavy atom. The van der Waals surface area contributed by atoms with E-state index in [9.17, 15) is 9.59 Å². The third-order valence-corrected chi connectivity index (χ3v) is 4.63. The average Bonchev–Trinajstić information content (AvgIpc) is 2.42. The highest BCUT2D eigenvalue weighted by Crippen LogP contribution is 2.43. The van der Waals surface area contributed by atoms with Crippen molar-refractivity contribution in [1.82, 2.24) is 0 Å².